The van der Waals surface area contributed by atoms with Crippen LogP contribution in [0.3, 0.4) is 0 Å². The summed E-state index contributed by atoms with van der Waals surface area (Å²) < 4.78 is 0. The Hall–Kier alpha value is -0.240. The predicted molar refractivity (Wildman–Crippen MR) is 51.9 cm³/mol. The van der Waals surface area contributed by atoms with Crippen molar-refractivity contribution in [3.05, 3.63) is 0 Å². The van der Waals surface area contributed by atoms with Gasteiger partial charge in [0.05, 0.1) is 32.5 Å². The molecule has 6 heteroatoms. The van der Waals surface area contributed by atoms with Crippen LogP contribution in [0.1, 0.15) is 13.3 Å². The predicted octanol–water partition coefficient (Wildman–Crippen LogP) is -1.91. The van der Waals surface area contributed by atoms with Crippen molar-refractivity contribution in [3.8, 4) is 0 Å². The standard InChI is InChI=1S/C9H19NO5/c1-2-3-15-10-4-7(13)8(14)9(10,5-11)6-12/h7-8,11-14H,2-6H2,1H3/t7-,8-/m1/s1. The minimum Gasteiger partial charge on any atom is -0.394 e. The molecule has 0 saturated carbocycles. The highest BCUT2D eigenvalue weighted by atomic mass is 16.7. The third kappa shape index (κ3) is 2.15. The summed E-state index contributed by atoms with van der Waals surface area (Å²) >= 11 is 0. The minimum atomic E-state index is -1.30. The Morgan fingerprint density at radius 2 is 1.93 bits per heavy atom. The number of rotatable bonds is 5. The van der Waals surface area contributed by atoms with Crippen molar-refractivity contribution in [1.29, 1.82) is 0 Å². The number of hydrogen-bond acceptors (Lipinski definition) is 6. The van der Waals surface area contributed by atoms with Crippen molar-refractivity contribution in [2.24, 2.45) is 0 Å². The molecule has 4 N–H and O–H groups in total. The van der Waals surface area contributed by atoms with Gasteiger partial charge in [0.15, 0.2) is 0 Å². The Morgan fingerprint density at radius 1 is 1.33 bits per heavy atom. The van der Waals surface area contributed by atoms with Gasteiger partial charge in [0, 0.05) is 0 Å². The maximum atomic E-state index is 9.69. The topological polar surface area (TPSA) is 93.4 Å². The van der Waals surface area contributed by atoms with Crippen LogP contribution in [0, 0.1) is 0 Å². The maximum absolute atomic E-state index is 9.69. The normalized spacial score (nSPS) is 31.0. The summed E-state index contributed by atoms with van der Waals surface area (Å²) in [5, 5.41) is 38.9. The van der Waals surface area contributed by atoms with Gasteiger partial charge in [-0.05, 0) is 6.42 Å². The number of β-amino-alcohol motifs (C(OH)–C–C–N with tert-alkyl or cyclic N) is 1. The molecule has 0 unspecified atom stereocenters. The van der Waals surface area contributed by atoms with E-state index in [1.165, 1.54) is 5.06 Å². The summed E-state index contributed by atoms with van der Waals surface area (Å²) in [6, 6.07) is 0. The van der Waals surface area contributed by atoms with E-state index in [0.29, 0.717) is 6.61 Å². The lowest BCUT2D eigenvalue weighted by atomic mass is 9.95. The van der Waals surface area contributed by atoms with E-state index in [1.807, 2.05) is 6.92 Å². The monoisotopic (exact) mass is 221 g/mol. The van der Waals surface area contributed by atoms with Crippen molar-refractivity contribution < 1.29 is 25.3 Å². The molecule has 1 heterocycles. The second kappa shape index (κ2) is 5.20. The van der Waals surface area contributed by atoms with Gasteiger partial charge in [0.1, 0.15) is 11.6 Å². The van der Waals surface area contributed by atoms with E-state index in [4.69, 9.17) is 4.84 Å². The fraction of sp³-hybridized carbons (Fsp3) is 1.00. The average molecular weight is 221 g/mol. The van der Waals surface area contributed by atoms with Crippen LogP contribution in [-0.4, -0.2) is 69.6 Å². The first-order valence-corrected chi connectivity index (χ1v) is 5.10. The molecule has 90 valence electrons. The van der Waals surface area contributed by atoms with E-state index in [2.05, 4.69) is 0 Å². The molecule has 0 aromatic heterocycles. The second-order valence-corrected chi connectivity index (χ2v) is 3.83. The van der Waals surface area contributed by atoms with Crippen LogP contribution in [0.25, 0.3) is 0 Å². The van der Waals surface area contributed by atoms with Gasteiger partial charge >= 0.3 is 0 Å². The van der Waals surface area contributed by atoms with Gasteiger partial charge in [0.25, 0.3) is 0 Å². The van der Waals surface area contributed by atoms with Crippen molar-refractivity contribution in [3.63, 3.8) is 0 Å². The summed E-state index contributed by atoms with van der Waals surface area (Å²) in [5.74, 6) is 0. The van der Waals surface area contributed by atoms with Gasteiger partial charge in [-0.15, -0.1) is 0 Å². The SMILES string of the molecule is CCCON1C[C@@H](O)[C@@H](O)C1(CO)CO. The van der Waals surface area contributed by atoms with E-state index in [0.717, 1.165) is 6.42 Å². The Labute approximate surface area is 88.7 Å². The minimum absolute atomic E-state index is 0.0856. The molecule has 1 aliphatic heterocycles. The third-order valence-electron chi connectivity index (χ3n) is 2.76. The van der Waals surface area contributed by atoms with Crippen LogP contribution in [0.5, 0.6) is 0 Å². The first-order chi connectivity index (χ1) is 7.12. The van der Waals surface area contributed by atoms with Gasteiger partial charge in [-0.2, -0.15) is 5.06 Å². The molecule has 2 atom stereocenters. The summed E-state index contributed by atoms with van der Waals surface area (Å²) in [6.07, 6.45) is -1.44. The Balaban J connectivity index is 2.76. The highest BCUT2D eigenvalue weighted by Gasteiger charge is 2.53. The summed E-state index contributed by atoms with van der Waals surface area (Å²) in [7, 11) is 0. The molecular weight excluding hydrogens is 202 g/mol. The van der Waals surface area contributed by atoms with Crippen LogP contribution >= 0.6 is 0 Å². The first kappa shape index (κ1) is 12.8. The molecule has 0 spiro atoms. The molecule has 1 aliphatic rings. The average Bonchev–Trinajstić information content (AvgIpc) is 2.49. The van der Waals surface area contributed by atoms with Crippen molar-refractivity contribution in [1.82, 2.24) is 5.06 Å². The molecule has 1 saturated heterocycles. The van der Waals surface area contributed by atoms with E-state index < -0.39 is 31.0 Å². The molecular formula is C9H19NO5. The number of hydrogen-bond donors (Lipinski definition) is 4. The molecule has 0 bridgehead atoms. The van der Waals surface area contributed by atoms with E-state index in [9.17, 15) is 20.4 Å². The van der Waals surface area contributed by atoms with Gasteiger partial charge in [-0.1, -0.05) is 6.92 Å². The molecule has 0 radical (unpaired) electrons. The molecule has 0 aromatic carbocycles. The molecule has 0 aliphatic carbocycles. The van der Waals surface area contributed by atoms with Crippen molar-refractivity contribution in [2.45, 2.75) is 31.1 Å². The fourth-order valence-electron chi connectivity index (χ4n) is 1.73. The molecule has 0 amide bonds. The highest BCUT2D eigenvalue weighted by molar-refractivity contribution is 5.03. The summed E-state index contributed by atoms with van der Waals surface area (Å²) in [6.45, 7) is 1.49. The van der Waals surface area contributed by atoms with Crippen LogP contribution in [0.15, 0.2) is 0 Å². The lowest BCUT2D eigenvalue weighted by Crippen LogP contribution is -2.57. The van der Waals surface area contributed by atoms with Crippen LogP contribution in [0.2, 0.25) is 0 Å². The number of hydroxylamine groups is 2. The number of aliphatic hydroxyl groups is 4. The zero-order chi connectivity index (χ0) is 11.5. The molecule has 0 aromatic rings. The largest absolute Gasteiger partial charge is 0.394 e. The molecule has 15 heavy (non-hydrogen) atoms. The van der Waals surface area contributed by atoms with Crippen LogP contribution < -0.4 is 0 Å². The van der Waals surface area contributed by atoms with Gasteiger partial charge < -0.3 is 20.4 Å². The summed E-state index contributed by atoms with van der Waals surface area (Å²) in [5.41, 5.74) is -1.30. The number of aliphatic hydroxyl groups excluding tert-OH is 4. The van der Waals surface area contributed by atoms with Gasteiger partial charge in [-0.3, -0.25) is 4.84 Å². The molecule has 6 nitrogen and oxygen atoms in total. The van der Waals surface area contributed by atoms with Gasteiger partial charge in [-0.25, -0.2) is 0 Å². The van der Waals surface area contributed by atoms with Gasteiger partial charge in [0.2, 0.25) is 0 Å². The first-order valence-electron chi connectivity index (χ1n) is 5.10. The molecule has 1 rings (SSSR count). The highest BCUT2D eigenvalue weighted by Crippen LogP contribution is 2.29. The van der Waals surface area contributed by atoms with Crippen molar-refractivity contribution >= 4 is 0 Å². The molecule has 1 fully saturated rings. The van der Waals surface area contributed by atoms with E-state index in [1.54, 1.807) is 0 Å². The van der Waals surface area contributed by atoms with Crippen LogP contribution in [0.4, 0.5) is 0 Å². The fourth-order valence-corrected chi connectivity index (χ4v) is 1.73. The van der Waals surface area contributed by atoms with E-state index in [-0.39, 0.29) is 6.54 Å². The van der Waals surface area contributed by atoms with Crippen molar-refractivity contribution in [2.75, 3.05) is 26.4 Å². The lowest BCUT2D eigenvalue weighted by molar-refractivity contribution is -0.235. The van der Waals surface area contributed by atoms with Crippen LogP contribution in [-0.2, 0) is 4.84 Å². The quantitative estimate of drug-likeness (QED) is 0.433. The Kier molecular flexibility index (Phi) is 4.45. The maximum Gasteiger partial charge on any atom is 0.121 e. The zero-order valence-electron chi connectivity index (χ0n) is 8.83. The lowest BCUT2D eigenvalue weighted by Gasteiger charge is -2.35. The number of nitrogens with zero attached hydrogens (tertiary/aromatic N) is 1. The smallest absolute Gasteiger partial charge is 0.121 e. The third-order valence-corrected chi connectivity index (χ3v) is 2.76. The Bertz CT molecular complexity index is 197. The second-order valence-electron chi connectivity index (χ2n) is 3.83. The van der Waals surface area contributed by atoms with E-state index >= 15 is 0 Å². The zero-order valence-corrected chi connectivity index (χ0v) is 8.83. The summed E-state index contributed by atoms with van der Waals surface area (Å²) in [4.78, 5) is 5.28. The Morgan fingerprint density at radius 3 is 2.40 bits per heavy atom.